The summed E-state index contributed by atoms with van der Waals surface area (Å²) in [6, 6.07) is 8.43. The number of aryl methyl sites for hydroxylation is 3. The number of fused-ring (bicyclic) bond motifs is 1. The first-order valence-electron chi connectivity index (χ1n) is 8.72. The summed E-state index contributed by atoms with van der Waals surface area (Å²) in [5.41, 5.74) is 4.78. The van der Waals surface area contributed by atoms with Crippen molar-refractivity contribution in [2.45, 2.75) is 54.7 Å². The Hall–Kier alpha value is -1.91. The second-order valence-electron chi connectivity index (χ2n) is 6.09. The standard InChI is InChI=1S/C19H21NO2S.C2H6/c1-11-5-7-15(8-6-11)9-20-13(3)16(10-21)18(22)17-12(2)14(4)23-19(17)20;1-2/h5-8,21H,9-10H2,1-4H3;1-2H3. The molecule has 0 aliphatic rings. The van der Waals surface area contributed by atoms with Crippen molar-refractivity contribution in [3.05, 3.63) is 67.3 Å². The van der Waals surface area contributed by atoms with Gasteiger partial charge in [0.25, 0.3) is 0 Å². The molecular weight excluding hydrogens is 330 g/mol. The maximum Gasteiger partial charge on any atom is 0.196 e. The summed E-state index contributed by atoms with van der Waals surface area (Å²) in [5.74, 6) is 0. The Morgan fingerprint density at radius 1 is 1.04 bits per heavy atom. The van der Waals surface area contributed by atoms with Gasteiger partial charge < -0.3 is 9.67 Å². The molecule has 2 heterocycles. The van der Waals surface area contributed by atoms with E-state index in [1.165, 1.54) is 11.1 Å². The number of aliphatic hydroxyl groups is 1. The number of hydrogen-bond acceptors (Lipinski definition) is 3. The molecule has 2 aromatic heterocycles. The summed E-state index contributed by atoms with van der Waals surface area (Å²) in [6.07, 6.45) is 0. The van der Waals surface area contributed by atoms with Gasteiger partial charge in [0.05, 0.1) is 12.0 Å². The van der Waals surface area contributed by atoms with E-state index >= 15 is 0 Å². The lowest BCUT2D eigenvalue weighted by Gasteiger charge is -2.16. The van der Waals surface area contributed by atoms with Gasteiger partial charge in [-0.15, -0.1) is 11.3 Å². The number of aliphatic hydroxyl groups excluding tert-OH is 1. The molecule has 3 aromatic rings. The first-order valence-corrected chi connectivity index (χ1v) is 9.54. The molecule has 1 N–H and O–H groups in total. The summed E-state index contributed by atoms with van der Waals surface area (Å²) in [6.45, 7) is 12.5. The summed E-state index contributed by atoms with van der Waals surface area (Å²) in [4.78, 5) is 14.9. The topological polar surface area (TPSA) is 42.2 Å². The number of hydrogen-bond donors (Lipinski definition) is 1. The summed E-state index contributed by atoms with van der Waals surface area (Å²) in [7, 11) is 0. The van der Waals surface area contributed by atoms with Crippen LogP contribution in [0, 0.1) is 27.7 Å². The number of thiophene rings is 1. The fraction of sp³-hybridized carbons (Fsp3) is 0.381. The van der Waals surface area contributed by atoms with Crippen LogP contribution in [0.3, 0.4) is 0 Å². The minimum Gasteiger partial charge on any atom is -0.391 e. The van der Waals surface area contributed by atoms with Crippen LogP contribution >= 0.6 is 11.3 Å². The molecule has 0 saturated heterocycles. The minimum absolute atomic E-state index is 0.0259. The molecule has 1 aromatic carbocycles. The van der Waals surface area contributed by atoms with E-state index in [0.717, 1.165) is 26.4 Å². The van der Waals surface area contributed by atoms with Crippen molar-refractivity contribution in [2.75, 3.05) is 0 Å². The van der Waals surface area contributed by atoms with Gasteiger partial charge in [-0.05, 0) is 38.8 Å². The zero-order valence-electron chi connectivity index (χ0n) is 15.9. The molecule has 0 bridgehead atoms. The lowest BCUT2D eigenvalue weighted by molar-refractivity contribution is 0.279. The molecule has 134 valence electrons. The second kappa shape index (κ2) is 7.98. The number of pyridine rings is 1. The van der Waals surface area contributed by atoms with Gasteiger partial charge in [-0.1, -0.05) is 43.7 Å². The maximum atomic E-state index is 12.7. The van der Waals surface area contributed by atoms with Gasteiger partial charge in [-0.2, -0.15) is 0 Å². The van der Waals surface area contributed by atoms with Gasteiger partial charge in [-0.3, -0.25) is 4.79 Å². The zero-order chi connectivity index (χ0) is 18.7. The molecule has 0 aliphatic carbocycles. The lowest BCUT2D eigenvalue weighted by atomic mass is 10.1. The van der Waals surface area contributed by atoms with Crippen LogP contribution in [-0.2, 0) is 13.2 Å². The quantitative estimate of drug-likeness (QED) is 0.727. The van der Waals surface area contributed by atoms with Gasteiger partial charge in [0.15, 0.2) is 5.43 Å². The van der Waals surface area contributed by atoms with Crippen molar-refractivity contribution >= 4 is 21.6 Å². The molecule has 0 amide bonds. The Labute approximate surface area is 153 Å². The Kier molecular flexibility index (Phi) is 6.20. The summed E-state index contributed by atoms with van der Waals surface area (Å²) >= 11 is 1.66. The van der Waals surface area contributed by atoms with E-state index in [1.807, 2.05) is 34.6 Å². The van der Waals surface area contributed by atoms with E-state index in [0.29, 0.717) is 12.1 Å². The van der Waals surface area contributed by atoms with Gasteiger partial charge in [0, 0.05) is 22.7 Å². The molecular formula is C21H27NO2S. The van der Waals surface area contributed by atoms with Crippen molar-refractivity contribution in [3.63, 3.8) is 0 Å². The number of benzene rings is 1. The molecule has 0 radical (unpaired) electrons. The Morgan fingerprint density at radius 3 is 2.20 bits per heavy atom. The minimum atomic E-state index is -0.219. The van der Waals surface area contributed by atoms with Crippen LogP contribution in [0.25, 0.3) is 10.2 Å². The predicted octanol–water partition coefficient (Wildman–Crippen LogP) is 4.86. The van der Waals surface area contributed by atoms with E-state index in [2.05, 4.69) is 35.8 Å². The van der Waals surface area contributed by atoms with Gasteiger partial charge in [0.2, 0.25) is 0 Å². The molecule has 0 fully saturated rings. The first kappa shape index (κ1) is 19.4. The molecule has 0 aliphatic heterocycles. The summed E-state index contributed by atoms with van der Waals surface area (Å²) in [5, 5.41) is 10.4. The second-order valence-corrected chi connectivity index (χ2v) is 7.29. The van der Waals surface area contributed by atoms with Crippen LogP contribution in [0.5, 0.6) is 0 Å². The Bertz CT molecular complexity index is 933. The highest BCUT2D eigenvalue weighted by Gasteiger charge is 2.18. The third-order valence-corrected chi connectivity index (χ3v) is 5.80. The maximum absolute atomic E-state index is 12.7. The average molecular weight is 358 g/mol. The highest BCUT2D eigenvalue weighted by molar-refractivity contribution is 7.18. The SMILES string of the molecule is CC.Cc1ccc(Cn2c(C)c(CO)c(=O)c3c(C)c(C)sc32)cc1. The fourth-order valence-electron chi connectivity index (χ4n) is 2.95. The molecule has 0 atom stereocenters. The van der Waals surface area contributed by atoms with Crippen molar-refractivity contribution in [2.24, 2.45) is 0 Å². The van der Waals surface area contributed by atoms with Gasteiger partial charge >= 0.3 is 0 Å². The normalized spacial score (nSPS) is 10.7. The fourth-order valence-corrected chi connectivity index (χ4v) is 4.15. The zero-order valence-corrected chi connectivity index (χ0v) is 16.8. The third kappa shape index (κ3) is 3.55. The van der Waals surface area contributed by atoms with E-state index in [1.54, 1.807) is 11.3 Å². The number of rotatable bonds is 3. The van der Waals surface area contributed by atoms with Crippen LogP contribution in [-0.4, -0.2) is 9.67 Å². The van der Waals surface area contributed by atoms with Crippen LogP contribution < -0.4 is 5.43 Å². The Balaban J connectivity index is 0.00000109. The first-order chi connectivity index (χ1) is 11.9. The van der Waals surface area contributed by atoms with Crippen LogP contribution in [0.15, 0.2) is 29.1 Å². The number of nitrogens with zero attached hydrogens (tertiary/aromatic N) is 1. The van der Waals surface area contributed by atoms with Crippen LogP contribution in [0.2, 0.25) is 0 Å². The summed E-state index contributed by atoms with van der Waals surface area (Å²) < 4.78 is 2.16. The molecule has 4 heteroatoms. The van der Waals surface area contributed by atoms with E-state index in [-0.39, 0.29) is 12.0 Å². The molecule has 3 nitrogen and oxygen atoms in total. The number of aromatic nitrogens is 1. The van der Waals surface area contributed by atoms with Gasteiger partial charge in [0.1, 0.15) is 4.83 Å². The van der Waals surface area contributed by atoms with Crippen molar-refractivity contribution in [3.8, 4) is 0 Å². The van der Waals surface area contributed by atoms with Crippen molar-refractivity contribution < 1.29 is 5.11 Å². The molecule has 25 heavy (non-hydrogen) atoms. The lowest BCUT2D eigenvalue weighted by Crippen LogP contribution is -2.19. The van der Waals surface area contributed by atoms with Crippen LogP contribution in [0.1, 0.15) is 46.7 Å². The highest BCUT2D eigenvalue weighted by Crippen LogP contribution is 2.30. The third-order valence-electron chi connectivity index (χ3n) is 4.57. The average Bonchev–Trinajstić information content (AvgIpc) is 2.91. The molecule has 0 unspecified atom stereocenters. The van der Waals surface area contributed by atoms with E-state index < -0.39 is 0 Å². The van der Waals surface area contributed by atoms with Crippen molar-refractivity contribution in [1.82, 2.24) is 4.57 Å². The molecule has 0 spiro atoms. The van der Waals surface area contributed by atoms with E-state index in [4.69, 9.17) is 0 Å². The van der Waals surface area contributed by atoms with E-state index in [9.17, 15) is 9.90 Å². The predicted molar refractivity (Wildman–Crippen MR) is 108 cm³/mol. The highest BCUT2D eigenvalue weighted by atomic mass is 32.1. The smallest absolute Gasteiger partial charge is 0.196 e. The Morgan fingerprint density at radius 2 is 1.64 bits per heavy atom. The van der Waals surface area contributed by atoms with Crippen molar-refractivity contribution in [1.29, 1.82) is 0 Å². The monoisotopic (exact) mass is 357 g/mol. The molecule has 3 rings (SSSR count). The molecule has 0 saturated carbocycles. The largest absolute Gasteiger partial charge is 0.391 e. The van der Waals surface area contributed by atoms with Gasteiger partial charge in [-0.25, -0.2) is 0 Å². The van der Waals surface area contributed by atoms with Crippen LogP contribution in [0.4, 0.5) is 0 Å².